The second kappa shape index (κ2) is 7.24. The Bertz CT molecular complexity index is 891. The first-order chi connectivity index (χ1) is 13.0. The van der Waals surface area contributed by atoms with Crippen LogP contribution in [0.5, 0.6) is 0 Å². The van der Waals surface area contributed by atoms with Crippen LogP contribution in [0.4, 0.5) is 5.69 Å². The Morgan fingerprint density at radius 2 is 2.04 bits per heavy atom. The molecule has 0 atom stereocenters. The molecular formula is C17H19ClN6O3. The van der Waals surface area contributed by atoms with E-state index in [1.54, 1.807) is 4.90 Å². The zero-order chi connectivity index (χ0) is 19.0. The minimum absolute atomic E-state index is 0.0776. The maximum absolute atomic E-state index is 12.8. The number of nitrogens with one attached hydrogen (secondary N) is 1. The lowest BCUT2D eigenvalue weighted by molar-refractivity contribution is -0.385. The van der Waals surface area contributed by atoms with Gasteiger partial charge in [0.25, 0.3) is 11.6 Å². The van der Waals surface area contributed by atoms with Crippen molar-refractivity contribution in [3.05, 3.63) is 50.5 Å². The van der Waals surface area contributed by atoms with E-state index in [2.05, 4.69) is 20.1 Å². The van der Waals surface area contributed by atoms with Gasteiger partial charge in [0.15, 0.2) is 0 Å². The smallest absolute Gasteiger partial charge is 0.283 e. The van der Waals surface area contributed by atoms with Crippen molar-refractivity contribution in [2.45, 2.75) is 31.8 Å². The molecule has 0 saturated carbocycles. The number of nitro groups is 1. The fourth-order valence-electron chi connectivity index (χ4n) is 3.76. The third-order valence-electron chi connectivity index (χ3n) is 5.19. The van der Waals surface area contributed by atoms with E-state index in [0.717, 1.165) is 44.1 Å². The van der Waals surface area contributed by atoms with Gasteiger partial charge in [-0.25, -0.2) is 0 Å². The van der Waals surface area contributed by atoms with Crippen LogP contribution < -0.4 is 5.32 Å². The summed E-state index contributed by atoms with van der Waals surface area (Å²) in [5.74, 6) is 1.85. The average Bonchev–Trinajstić information content (AvgIpc) is 3.11. The van der Waals surface area contributed by atoms with Gasteiger partial charge in [0.1, 0.15) is 17.2 Å². The molecule has 2 aliphatic rings. The summed E-state index contributed by atoms with van der Waals surface area (Å²) in [6.07, 6.45) is 1.53. The van der Waals surface area contributed by atoms with Gasteiger partial charge in [0, 0.05) is 43.2 Å². The molecule has 142 valence electrons. The van der Waals surface area contributed by atoms with E-state index >= 15 is 0 Å². The molecule has 1 aromatic heterocycles. The number of nitrogens with zero attached hydrogens (tertiary/aromatic N) is 5. The Labute approximate surface area is 160 Å². The SMILES string of the molecule is O=C(c1ccc(Cl)cc1[N+](=O)[O-])N1CCC(c2nnc3n2CCNC3)CC1. The second-order valence-corrected chi connectivity index (χ2v) is 7.22. The first-order valence-electron chi connectivity index (χ1n) is 8.90. The molecule has 9 nitrogen and oxygen atoms in total. The molecule has 3 heterocycles. The van der Waals surface area contributed by atoms with Gasteiger partial charge in [0.2, 0.25) is 0 Å². The minimum Gasteiger partial charge on any atom is -0.338 e. The van der Waals surface area contributed by atoms with Gasteiger partial charge in [-0.2, -0.15) is 0 Å². The fraction of sp³-hybridized carbons (Fsp3) is 0.471. The summed E-state index contributed by atoms with van der Waals surface area (Å²) in [7, 11) is 0. The molecule has 4 rings (SSSR count). The van der Waals surface area contributed by atoms with E-state index < -0.39 is 4.92 Å². The topological polar surface area (TPSA) is 106 Å². The molecule has 1 fully saturated rings. The zero-order valence-electron chi connectivity index (χ0n) is 14.6. The fourth-order valence-corrected chi connectivity index (χ4v) is 3.93. The summed E-state index contributed by atoms with van der Waals surface area (Å²) in [6.45, 7) is 3.54. The summed E-state index contributed by atoms with van der Waals surface area (Å²) in [5, 5.41) is 23.4. The molecule has 27 heavy (non-hydrogen) atoms. The monoisotopic (exact) mass is 390 g/mol. The lowest BCUT2D eigenvalue weighted by atomic mass is 9.95. The number of likely N-dealkylation sites (tertiary alicyclic amines) is 1. The Morgan fingerprint density at radius 3 is 2.78 bits per heavy atom. The molecule has 0 spiro atoms. The highest BCUT2D eigenvalue weighted by molar-refractivity contribution is 6.31. The third kappa shape index (κ3) is 3.40. The molecule has 0 bridgehead atoms. The predicted molar refractivity (Wildman–Crippen MR) is 97.7 cm³/mol. The zero-order valence-corrected chi connectivity index (χ0v) is 15.4. The van der Waals surface area contributed by atoms with Crippen LogP contribution in [0.3, 0.4) is 0 Å². The van der Waals surface area contributed by atoms with Gasteiger partial charge in [-0.1, -0.05) is 11.6 Å². The molecular weight excluding hydrogens is 372 g/mol. The van der Waals surface area contributed by atoms with Crippen LogP contribution in [-0.4, -0.2) is 50.1 Å². The van der Waals surface area contributed by atoms with Crippen LogP contribution in [0.1, 0.15) is 40.8 Å². The lowest BCUT2D eigenvalue weighted by Crippen LogP contribution is -2.39. The van der Waals surface area contributed by atoms with Crippen molar-refractivity contribution in [1.29, 1.82) is 0 Å². The maximum atomic E-state index is 12.8. The number of benzene rings is 1. The maximum Gasteiger partial charge on any atom is 0.283 e. The van der Waals surface area contributed by atoms with Crippen molar-refractivity contribution < 1.29 is 9.72 Å². The van der Waals surface area contributed by atoms with Crippen molar-refractivity contribution in [1.82, 2.24) is 25.0 Å². The number of aromatic nitrogens is 3. The number of hydrogen-bond donors (Lipinski definition) is 1. The van der Waals surface area contributed by atoms with Crippen LogP contribution in [0, 0.1) is 10.1 Å². The van der Waals surface area contributed by atoms with E-state index in [-0.39, 0.29) is 28.1 Å². The van der Waals surface area contributed by atoms with Crippen LogP contribution in [0.25, 0.3) is 0 Å². The largest absolute Gasteiger partial charge is 0.338 e. The highest BCUT2D eigenvalue weighted by Gasteiger charge is 2.31. The van der Waals surface area contributed by atoms with Crippen LogP contribution in [0.2, 0.25) is 5.02 Å². The number of rotatable bonds is 3. The number of carbonyl (C=O) groups excluding carboxylic acids is 1. The number of amides is 1. The molecule has 1 amide bonds. The van der Waals surface area contributed by atoms with Crippen LogP contribution in [-0.2, 0) is 13.1 Å². The lowest BCUT2D eigenvalue weighted by Gasteiger charge is -2.32. The molecule has 1 saturated heterocycles. The molecule has 1 aromatic carbocycles. The standard InChI is InChI=1S/C17H19ClN6O3/c18-12-1-2-13(14(9-12)24(26)27)17(25)22-6-3-11(4-7-22)16-21-20-15-10-19-5-8-23(15)16/h1-2,9,11,19H,3-8,10H2. The van der Waals surface area contributed by atoms with Crippen molar-refractivity contribution in [3.8, 4) is 0 Å². The molecule has 1 N–H and O–H groups in total. The molecule has 2 aromatic rings. The van der Waals surface area contributed by atoms with E-state index in [1.807, 2.05) is 0 Å². The van der Waals surface area contributed by atoms with E-state index in [0.29, 0.717) is 13.1 Å². The second-order valence-electron chi connectivity index (χ2n) is 6.79. The first kappa shape index (κ1) is 17.9. The van der Waals surface area contributed by atoms with Crippen LogP contribution in [0.15, 0.2) is 18.2 Å². The number of carbonyl (C=O) groups is 1. The normalized spacial score (nSPS) is 17.6. The average molecular weight is 391 g/mol. The highest BCUT2D eigenvalue weighted by Crippen LogP contribution is 2.30. The molecule has 0 unspecified atom stereocenters. The van der Waals surface area contributed by atoms with Crippen molar-refractivity contribution in [2.75, 3.05) is 19.6 Å². The summed E-state index contributed by atoms with van der Waals surface area (Å²) in [6, 6.07) is 4.15. The van der Waals surface area contributed by atoms with Crippen molar-refractivity contribution >= 4 is 23.2 Å². The molecule has 2 aliphatic heterocycles. The number of fused-ring (bicyclic) bond motifs is 1. The first-order valence-corrected chi connectivity index (χ1v) is 9.28. The summed E-state index contributed by atoms with van der Waals surface area (Å²) < 4.78 is 2.17. The minimum atomic E-state index is -0.567. The summed E-state index contributed by atoms with van der Waals surface area (Å²) in [5.41, 5.74) is -0.178. The van der Waals surface area contributed by atoms with E-state index in [4.69, 9.17) is 11.6 Å². The number of hydrogen-bond acceptors (Lipinski definition) is 6. The van der Waals surface area contributed by atoms with Crippen molar-refractivity contribution in [2.24, 2.45) is 0 Å². The van der Waals surface area contributed by atoms with E-state index in [1.165, 1.54) is 18.2 Å². The Hall–Kier alpha value is -2.52. The van der Waals surface area contributed by atoms with Gasteiger partial charge >= 0.3 is 0 Å². The quantitative estimate of drug-likeness (QED) is 0.634. The van der Waals surface area contributed by atoms with Gasteiger partial charge in [-0.05, 0) is 25.0 Å². The molecule has 10 heteroatoms. The highest BCUT2D eigenvalue weighted by atomic mass is 35.5. The number of nitro benzene ring substituents is 1. The van der Waals surface area contributed by atoms with Crippen molar-refractivity contribution in [3.63, 3.8) is 0 Å². The van der Waals surface area contributed by atoms with Gasteiger partial charge in [0.05, 0.1) is 11.5 Å². The van der Waals surface area contributed by atoms with Crippen LogP contribution >= 0.6 is 11.6 Å². The molecule has 0 aliphatic carbocycles. The van der Waals surface area contributed by atoms with Gasteiger partial charge < -0.3 is 14.8 Å². The van der Waals surface area contributed by atoms with Gasteiger partial charge in [-0.3, -0.25) is 14.9 Å². The summed E-state index contributed by atoms with van der Waals surface area (Å²) >= 11 is 5.84. The number of piperidine rings is 1. The molecule has 0 radical (unpaired) electrons. The Balaban J connectivity index is 1.48. The summed E-state index contributed by atoms with van der Waals surface area (Å²) in [4.78, 5) is 25.2. The van der Waals surface area contributed by atoms with E-state index in [9.17, 15) is 14.9 Å². The Kier molecular flexibility index (Phi) is 4.79. The van der Waals surface area contributed by atoms with Gasteiger partial charge in [-0.15, -0.1) is 10.2 Å². The number of halogens is 1. The Morgan fingerprint density at radius 1 is 1.26 bits per heavy atom. The predicted octanol–water partition coefficient (Wildman–Crippen LogP) is 1.96. The third-order valence-corrected chi connectivity index (χ3v) is 5.42.